The van der Waals surface area contributed by atoms with Crippen molar-refractivity contribution in [2.24, 2.45) is 0 Å². The molecular formula is C22H16FNO3S. The molecule has 0 atom stereocenters. The van der Waals surface area contributed by atoms with E-state index in [1.165, 1.54) is 17.0 Å². The van der Waals surface area contributed by atoms with Crippen LogP contribution >= 0.6 is 11.8 Å². The van der Waals surface area contributed by atoms with Gasteiger partial charge in [-0.2, -0.15) is 0 Å². The van der Waals surface area contributed by atoms with Gasteiger partial charge in [0.2, 0.25) is 0 Å². The van der Waals surface area contributed by atoms with E-state index in [2.05, 4.69) is 0 Å². The van der Waals surface area contributed by atoms with E-state index in [9.17, 15) is 14.0 Å². The summed E-state index contributed by atoms with van der Waals surface area (Å²) < 4.78 is 18.8. The fraction of sp³-hybridized carbons (Fsp3) is 0.0909. The van der Waals surface area contributed by atoms with Gasteiger partial charge in [-0.1, -0.05) is 29.8 Å². The lowest BCUT2D eigenvalue weighted by Crippen LogP contribution is -2.27. The Balaban J connectivity index is 1.53. The Kier molecular flexibility index (Phi) is 4.88. The zero-order valence-corrected chi connectivity index (χ0v) is 15.8. The maximum atomic E-state index is 13.1. The lowest BCUT2D eigenvalue weighted by molar-refractivity contribution is -0.123. The van der Waals surface area contributed by atoms with Crippen molar-refractivity contribution < 1.29 is 18.4 Å². The molecule has 140 valence electrons. The number of hydrogen-bond donors (Lipinski definition) is 0. The molecule has 2 aromatic carbocycles. The van der Waals surface area contributed by atoms with Crippen LogP contribution in [0.3, 0.4) is 0 Å². The van der Waals surface area contributed by atoms with Crippen molar-refractivity contribution in [1.82, 2.24) is 4.90 Å². The van der Waals surface area contributed by atoms with Gasteiger partial charge < -0.3 is 4.42 Å². The number of imide groups is 1. The normalized spacial score (nSPS) is 15.6. The fourth-order valence-corrected chi connectivity index (χ4v) is 3.78. The maximum Gasteiger partial charge on any atom is 0.293 e. The van der Waals surface area contributed by atoms with Crippen LogP contribution < -0.4 is 0 Å². The number of thioether (sulfide) groups is 1. The third-order valence-corrected chi connectivity index (χ3v) is 5.23. The number of carbonyl (C=O) groups is 2. The van der Waals surface area contributed by atoms with Crippen molar-refractivity contribution >= 4 is 29.0 Å². The number of hydrogen-bond acceptors (Lipinski definition) is 4. The SMILES string of the molecule is Cc1cccc(CN2C(=O)S/C(=C\c3ccc(-c4ccc(F)cc4)o3)C2=O)c1. The second-order valence-corrected chi connectivity index (χ2v) is 7.46. The van der Waals surface area contributed by atoms with Crippen LogP contribution in [0.1, 0.15) is 16.9 Å². The molecule has 1 saturated heterocycles. The van der Waals surface area contributed by atoms with Gasteiger partial charge in [-0.15, -0.1) is 0 Å². The molecule has 2 heterocycles. The quantitative estimate of drug-likeness (QED) is 0.539. The maximum absolute atomic E-state index is 13.1. The van der Waals surface area contributed by atoms with Crippen molar-refractivity contribution in [3.05, 3.63) is 88.3 Å². The molecule has 28 heavy (non-hydrogen) atoms. The van der Waals surface area contributed by atoms with Crippen LogP contribution in [0.15, 0.2) is 70.0 Å². The van der Waals surface area contributed by atoms with E-state index in [-0.39, 0.29) is 23.5 Å². The third-order valence-electron chi connectivity index (χ3n) is 4.33. The minimum atomic E-state index is -0.337. The van der Waals surface area contributed by atoms with Crippen LogP contribution in [0.25, 0.3) is 17.4 Å². The standard InChI is InChI=1S/C22H16FNO3S/c1-14-3-2-4-15(11-14)13-24-21(25)20(28-22(24)26)12-18-9-10-19(27-18)16-5-7-17(23)8-6-16/h2-12H,13H2,1H3/b20-12-. The highest BCUT2D eigenvalue weighted by Crippen LogP contribution is 2.34. The molecule has 0 spiro atoms. The minimum absolute atomic E-state index is 0.239. The Morgan fingerprint density at radius 2 is 1.86 bits per heavy atom. The van der Waals surface area contributed by atoms with Crippen molar-refractivity contribution in [3.63, 3.8) is 0 Å². The van der Waals surface area contributed by atoms with Gasteiger partial charge in [-0.3, -0.25) is 14.5 Å². The van der Waals surface area contributed by atoms with Gasteiger partial charge in [0.1, 0.15) is 17.3 Å². The summed E-state index contributed by atoms with van der Waals surface area (Å²) in [4.78, 5) is 26.5. The molecule has 2 amide bonds. The molecule has 6 heteroatoms. The average Bonchev–Trinajstić information content (AvgIpc) is 3.23. The Morgan fingerprint density at radius 3 is 2.61 bits per heavy atom. The first-order valence-corrected chi connectivity index (χ1v) is 9.48. The third kappa shape index (κ3) is 3.77. The molecule has 4 rings (SSSR count). The lowest BCUT2D eigenvalue weighted by atomic mass is 10.1. The van der Waals surface area contributed by atoms with E-state index >= 15 is 0 Å². The number of benzene rings is 2. The topological polar surface area (TPSA) is 50.5 Å². The molecule has 1 aliphatic heterocycles. The molecule has 3 aromatic rings. The van der Waals surface area contributed by atoms with Crippen LogP contribution in [0, 0.1) is 12.7 Å². The van der Waals surface area contributed by atoms with E-state index in [0.717, 1.165) is 28.5 Å². The zero-order chi connectivity index (χ0) is 19.7. The first-order chi connectivity index (χ1) is 13.5. The van der Waals surface area contributed by atoms with Crippen LogP contribution in [-0.4, -0.2) is 16.0 Å². The number of aryl methyl sites for hydroxylation is 1. The second kappa shape index (κ2) is 7.48. The molecule has 4 nitrogen and oxygen atoms in total. The van der Waals surface area contributed by atoms with E-state index in [0.29, 0.717) is 16.4 Å². The predicted molar refractivity (Wildman–Crippen MR) is 107 cm³/mol. The average molecular weight is 393 g/mol. The smallest absolute Gasteiger partial charge is 0.293 e. The number of nitrogens with zero attached hydrogens (tertiary/aromatic N) is 1. The summed E-state index contributed by atoms with van der Waals surface area (Å²) in [6.07, 6.45) is 1.56. The molecule has 0 radical (unpaired) electrons. The highest BCUT2D eigenvalue weighted by Gasteiger charge is 2.35. The van der Waals surface area contributed by atoms with Gasteiger partial charge in [0.15, 0.2) is 0 Å². The summed E-state index contributed by atoms with van der Waals surface area (Å²) in [5.41, 5.74) is 2.71. The van der Waals surface area contributed by atoms with Crippen LogP contribution in [-0.2, 0) is 11.3 Å². The summed E-state index contributed by atoms with van der Waals surface area (Å²) >= 11 is 0.896. The molecule has 1 fully saturated rings. The van der Waals surface area contributed by atoms with Crippen molar-refractivity contribution in [3.8, 4) is 11.3 Å². The second-order valence-electron chi connectivity index (χ2n) is 6.47. The number of carbonyl (C=O) groups excluding carboxylic acids is 2. The molecule has 1 aromatic heterocycles. The first kappa shape index (κ1) is 18.3. The van der Waals surface area contributed by atoms with E-state index in [4.69, 9.17) is 4.42 Å². The van der Waals surface area contributed by atoms with Gasteiger partial charge in [-0.05, 0) is 60.6 Å². The molecule has 0 N–H and O–H groups in total. The minimum Gasteiger partial charge on any atom is -0.457 e. The van der Waals surface area contributed by atoms with Crippen molar-refractivity contribution in [2.45, 2.75) is 13.5 Å². The monoisotopic (exact) mass is 393 g/mol. The Bertz CT molecular complexity index is 1090. The molecule has 0 bridgehead atoms. The summed E-state index contributed by atoms with van der Waals surface area (Å²) in [6, 6.07) is 17.1. The molecule has 0 aliphatic carbocycles. The molecule has 0 unspecified atom stereocenters. The highest BCUT2D eigenvalue weighted by atomic mass is 32.2. The Hall–Kier alpha value is -3.12. The number of rotatable bonds is 4. The number of amides is 2. The number of furan rings is 1. The lowest BCUT2D eigenvalue weighted by Gasteiger charge is -2.12. The zero-order valence-electron chi connectivity index (χ0n) is 15.0. The van der Waals surface area contributed by atoms with Gasteiger partial charge >= 0.3 is 0 Å². The summed E-state index contributed by atoms with van der Waals surface area (Å²) in [5, 5.41) is -0.303. The van der Waals surface area contributed by atoms with Gasteiger partial charge in [-0.25, -0.2) is 4.39 Å². The van der Waals surface area contributed by atoms with Gasteiger partial charge in [0, 0.05) is 11.6 Å². The first-order valence-electron chi connectivity index (χ1n) is 8.66. The Labute approximate surface area is 165 Å². The van der Waals surface area contributed by atoms with Gasteiger partial charge in [0.05, 0.1) is 11.4 Å². The number of halogens is 1. The van der Waals surface area contributed by atoms with E-state index in [1.54, 1.807) is 30.3 Å². The van der Waals surface area contributed by atoms with Crippen molar-refractivity contribution in [2.75, 3.05) is 0 Å². The fourth-order valence-electron chi connectivity index (χ4n) is 2.96. The van der Waals surface area contributed by atoms with Crippen LogP contribution in [0.4, 0.5) is 9.18 Å². The largest absolute Gasteiger partial charge is 0.457 e. The Morgan fingerprint density at radius 1 is 1.07 bits per heavy atom. The van der Waals surface area contributed by atoms with Crippen LogP contribution in [0.2, 0.25) is 0 Å². The van der Waals surface area contributed by atoms with E-state index in [1.807, 2.05) is 31.2 Å². The molecule has 0 saturated carbocycles. The van der Waals surface area contributed by atoms with E-state index < -0.39 is 0 Å². The molecular weight excluding hydrogens is 377 g/mol. The molecule has 1 aliphatic rings. The predicted octanol–water partition coefficient (Wildman–Crippen LogP) is 5.63. The summed E-state index contributed by atoms with van der Waals surface area (Å²) in [5.74, 6) is 0.361. The summed E-state index contributed by atoms with van der Waals surface area (Å²) in [6.45, 7) is 2.20. The van der Waals surface area contributed by atoms with Crippen LogP contribution in [0.5, 0.6) is 0 Å². The van der Waals surface area contributed by atoms with Gasteiger partial charge in [0.25, 0.3) is 11.1 Å². The summed E-state index contributed by atoms with van der Waals surface area (Å²) in [7, 11) is 0. The highest BCUT2D eigenvalue weighted by molar-refractivity contribution is 8.18. The van der Waals surface area contributed by atoms with Crippen molar-refractivity contribution in [1.29, 1.82) is 0 Å².